The van der Waals surface area contributed by atoms with Crippen molar-refractivity contribution >= 4 is 11.9 Å². The molecule has 0 saturated carbocycles. The second kappa shape index (κ2) is 18.6. The number of aliphatic carboxylic acids is 1. The van der Waals surface area contributed by atoms with Gasteiger partial charge in [-0.25, -0.2) is 0 Å². The summed E-state index contributed by atoms with van der Waals surface area (Å²) in [5, 5.41) is 12.8. The van der Waals surface area contributed by atoms with Crippen molar-refractivity contribution in [1.82, 2.24) is 5.32 Å². The number of carboxylic acids is 1. The topological polar surface area (TPSA) is 69.2 Å². The average molecular weight is 305 g/mol. The van der Waals surface area contributed by atoms with Gasteiger partial charge in [0.1, 0.15) is 0 Å². The van der Waals surface area contributed by atoms with E-state index >= 15 is 0 Å². The van der Waals surface area contributed by atoms with E-state index in [0.717, 1.165) is 12.8 Å². The second-order valence-corrected chi connectivity index (χ2v) is 5.76. The van der Waals surface area contributed by atoms with Crippen LogP contribution in [0.3, 0.4) is 0 Å². The van der Waals surface area contributed by atoms with E-state index in [9.17, 15) is 14.7 Å². The third-order valence-corrected chi connectivity index (χ3v) is 3.66. The zero-order valence-electron chi connectivity index (χ0n) is 14.6. The van der Waals surface area contributed by atoms with E-state index in [0.29, 0.717) is 6.42 Å². The van der Waals surface area contributed by atoms with Gasteiger partial charge in [-0.1, -0.05) is 71.1 Å². The molecule has 0 fully saturated rings. The Morgan fingerprint density at radius 2 is 1.23 bits per heavy atom. The first kappa shape index (κ1) is 23.8. The summed E-state index contributed by atoms with van der Waals surface area (Å²) in [6.45, 7) is 2.42. The van der Waals surface area contributed by atoms with E-state index in [1.165, 1.54) is 57.8 Å². The quantitative estimate of drug-likeness (QED) is 0.341. The third-order valence-electron chi connectivity index (χ3n) is 3.66. The third kappa shape index (κ3) is 19.5. The maximum absolute atomic E-state index is 11.4. The summed E-state index contributed by atoms with van der Waals surface area (Å²) in [5.41, 5.74) is 0. The molecule has 0 radical (unpaired) electrons. The van der Waals surface area contributed by atoms with E-state index in [4.69, 9.17) is 0 Å². The Labute approximate surface area is 148 Å². The minimum absolute atomic E-state index is 0. The summed E-state index contributed by atoms with van der Waals surface area (Å²) < 4.78 is 0. The van der Waals surface area contributed by atoms with Crippen LogP contribution in [0.1, 0.15) is 90.4 Å². The molecule has 0 spiro atoms. The Hall–Kier alpha value is -0.463. The molecule has 1 N–H and O–H groups in total. The van der Waals surface area contributed by atoms with Crippen LogP contribution >= 0.6 is 0 Å². The molecule has 4 nitrogen and oxygen atoms in total. The van der Waals surface area contributed by atoms with Crippen LogP contribution in [0.4, 0.5) is 0 Å². The normalized spacial score (nSPS) is 10.0. The minimum Gasteiger partial charge on any atom is -0.550 e. The number of rotatable bonds is 15. The van der Waals surface area contributed by atoms with E-state index in [1.54, 1.807) is 0 Å². The smallest absolute Gasteiger partial charge is 0.550 e. The molecule has 0 aliphatic heterocycles. The summed E-state index contributed by atoms with van der Waals surface area (Å²) in [4.78, 5) is 21.5. The molecule has 0 rings (SSSR count). The number of carbonyl (C=O) groups excluding carboxylic acids is 2. The molecular formula is C17H32LiNO3. The first-order valence-electron chi connectivity index (χ1n) is 8.63. The van der Waals surface area contributed by atoms with Crippen molar-refractivity contribution in [3.63, 3.8) is 0 Å². The van der Waals surface area contributed by atoms with Crippen LogP contribution in [0.2, 0.25) is 0 Å². The van der Waals surface area contributed by atoms with Gasteiger partial charge in [-0.2, -0.15) is 0 Å². The molecule has 124 valence electrons. The van der Waals surface area contributed by atoms with Gasteiger partial charge in [0.05, 0.1) is 0 Å². The SMILES string of the molecule is CCCCCCCCCCCCCC(=O)NCCC(=O)[O-].[Li+]. The van der Waals surface area contributed by atoms with Gasteiger partial charge in [-0.3, -0.25) is 4.79 Å². The summed E-state index contributed by atoms with van der Waals surface area (Å²) in [7, 11) is 0. The van der Waals surface area contributed by atoms with Gasteiger partial charge >= 0.3 is 18.9 Å². The zero-order valence-corrected chi connectivity index (χ0v) is 14.6. The first-order chi connectivity index (χ1) is 10.2. The van der Waals surface area contributed by atoms with Crippen LogP contribution in [0, 0.1) is 0 Å². The van der Waals surface area contributed by atoms with Crippen LogP contribution < -0.4 is 29.3 Å². The van der Waals surface area contributed by atoms with Gasteiger partial charge in [0, 0.05) is 25.4 Å². The van der Waals surface area contributed by atoms with Crippen molar-refractivity contribution in [3.05, 3.63) is 0 Å². The summed E-state index contributed by atoms with van der Waals surface area (Å²) in [6, 6.07) is 0. The van der Waals surface area contributed by atoms with Gasteiger partial charge in [-0.05, 0) is 6.42 Å². The minimum atomic E-state index is -1.12. The van der Waals surface area contributed by atoms with E-state index in [-0.39, 0.29) is 37.7 Å². The van der Waals surface area contributed by atoms with Crippen molar-refractivity contribution in [2.24, 2.45) is 0 Å². The van der Waals surface area contributed by atoms with Gasteiger partial charge in [0.25, 0.3) is 0 Å². The van der Waals surface area contributed by atoms with Crippen molar-refractivity contribution in [1.29, 1.82) is 0 Å². The first-order valence-corrected chi connectivity index (χ1v) is 8.63. The van der Waals surface area contributed by atoms with Crippen LogP contribution in [0.5, 0.6) is 0 Å². The summed E-state index contributed by atoms with van der Waals surface area (Å²) >= 11 is 0. The second-order valence-electron chi connectivity index (χ2n) is 5.76. The zero-order chi connectivity index (χ0) is 15.8. The number of hydrogen-bond donors (Lipinski definition) is 1. The molecule has 1 amide bonds. The Bertz CT molecular complexity index is 273. The fourth-order valence-electron chi connectivity index (χ4n) is 2.34. The van der Waals surface area contributed by atoms with Gasteiger partial charge < -0.3 is 15.2 Å². The summed E-state index contributed by atoms with van der Waals surface area (Å²) in [6.07, 6.45) is 14.3. The number of amides is 1. The van der Waals surface area contributed by atoms with Crippen molar-refractivity contribution in [2.75, 3.05) is 6.54 Å². The van der Waals surface area contributed by atoms with Crippen molar-refractivity contribution in [2.45, 2.75) is 90.4 Å². The van der Waals surface area contributed by atoms with Crippen LogP contribution in [-0.2, 0) is 9.59 Å². The number of unbranched alkanes of at least 4 members (excludes halogenated alkanes) is 10. The molecule has 0 unspecified atom stereocenters. The van der Waals surface area contributed by atoms with Crippen molar-refractivity contribution in [3.8, 4) is 0 Å². The maximum atomic E-state index is 11.4. The molecule has 0 bridgehead atoms. The van der Waals surface area contributed by atoms with Crippen LogP contribution in [-0.4, -0.2) is 18.4 Å². The Morgan fingerprint density at radius 3 is 1.68 bits per heavy atom. The Balaban J connectivity index is 0. The van der Waals surface area contributed by atoms with Crippen molar-refractivity contribution < 1.29 is 33.6 Å². The Morgan fingerprint density at radius 1 is 0.773 bits per heavy atom. The van der Waals surface area contributed by atoms with E-state index < -0.39 is 5.97 Å². The number of nitrogens with one attached hydrogen (secondary N) is 1. The molecule has 0 saturated heterocycles. The molecule has 0 aliphatic carbocycles. The number of carboxylic acid groups (broad SMARTS) is 1. The number of carbonyl (C=O) groups is 2. The molecule has 0 aliphatic rings. The van der Waals surface area contributed by atoms with Crippen LogP contribution in [0.25, 0.3) is 0 Å². The molecular weight excluding hydrogens is 273 g/mol. The average Bonchev–Trinajstić information content (AvgIpc) is 2.44. The summed E-state index contributed by atoms with van der Waals surface area (Å²) in [5.74, 6) is -1.17. The fourth-order valence-corrected chi connectivity index (χ4v) is 2.34. The molecule has 0 heterocycles. The standard InChI is InChI=1S/C17H33NO3.Li/c1-2-3-4-5-6-7-8-9-10-11-12-13-16(19)18-15-14-17(20)21;/h2-15H2,1H3,(H,18,19)(H,20,21);/q;+1/p-1. The fraction of sp³-hybridized carbons (Fsp3) is 0.882. The van der Waals surface area contributed by atoms with E-state index in [2.05, 4.69) is 12.2 Å². The molecule has 0 atom stereocenters. The Kier molecular flexibility index (Phi) is 20.1. The maximum Gasteiger partial charge on any atom is 1.00 e. The monoisotopic (exact) mass is 305 g/mol. The van der Waals surface area contributed by atoms with Gasteiger partial charge in [-0.15, -0.1) is 0 Å². The van der Waals surface area contributed by atoms with Crippen LogP contribution in [0.15, 0.2) is 0 Å². The molecule has 0 aromatic heterocycles. The van der Waals surface area contributed by atoms with Gasteiger partial charge in [0.15, 0.2) is 0 Å². The predicted molar refractivity (Wildman–Crippen MR) is 83.7 cm³/mol. The van der Waals surface area contributed by atoms with E-state index in [1.807, 2.05) is 0 Å². The molecule has 5 heteroatoms. The molecule has 22 heavy (non-hydrogen) atoms. The largest absolute Gasteiger partial charge is 1.00 e. The molecule has 0 aromatic rings. The molecule has 0 aromatic carbocycles. The number of hydrogen-bond acceptors (Lipinski definition) is 3. The predicted octanol–water partition coefficient (Wildman–Crippen LogP) is -0.0523. The van der Waals surface area contributed by atoms with Gasteiger partial charge in [0.2, 0.25) is 5.91 Å².